The second kappa shape index (κ2) is 7.66. The number of hydrogen-bond acceptors (Lipinski definition) is 3. The molecule has 1 aromatic rings. The molecule has 2 N–H and O–H groups in total. The van der Waals surface area contributed by atoms with E-state index in [2.05, 4.69) is 5.32 Å². The first-order chi connectivity index (χ1) is 11.7. The van der Waals surface area contributed by atoms with Crippen LogP contribution in [0, 0.1) is 0 Å². The fourth-order valence-electron chi connectivity index (χ4n) is 3.70. The molecule has 2 amide bonds. The molecule has 1 saturated carbocycles. The minimum absolute atomic E-state index is 0.0148. The van der Waals surface area contributed by atoms with Gasteiger partial charge < -0.3 is 20.2 Å². The molecule has 1 aromatic carbocycles. The molecule has 0 aromatic heterocycles. The summed E-state index contributed by atoms with van der Waals surface area (Å²) in [7, 11) is 0. The first-order valence-corrected chi connectivity index (χ1v) is 8.76. The lowest BCUT2D eigenvalue weighted by Gasteiger charge is -2.39. The van der Waals surface area contributed by atoms with Crippen LogP contribution in [0.5, 0.6) is 0 Å². The van der Waals surface area contributed by atoms with Gasteiger partial charge in [0.25, 0.3) is 0 Å². The van der Waals surface area contributed by atoms with Crippen LogP contribution in [0.3, 0.4) is 0 Å². The number of nitrogens with one attached hydrogen (secondary N) is 1. The maximum absolute atomic E-state index is 13.2. The van der Waals surface area contributed by atoms with E-state index in [1.54, 1.807) is 0 Å². The SMILES string of the molecule is O=C(O)N1CCNC(C(=O)N(c2ccccc2)C2CCCCC2)C1. The van der Waals surface area contributed by atoms with Gasteiger partial charge in [-0.25, -0.2) is 4.79 Å². The Morgan fingerprint density at radius 1 is 1.12 bits per heavy atom. The summed E-state index contributed by atoms with van der Waals surface area (Å²) < 4.78 is 0. The lowest BCUT2D eigenvalue weighted by Crippen LogP contribution is -2.60. The topological polar surface area (TPSA) is 72.9 Å². The van der Waals surface area contributed by atoms with E-state index in [1.807, 2.05) is 35.2 Å². The highest BCUT2D eigenvalue weighted by Gasteiger charge is 2.35. The number of carboxylic acid groups (broad SMARTS) is 1. The standard InChI is InChI=1S/C18H25N3O3/c22-17(16-13-20(18(23)24)12-11-19-16)21(14-7-3-1-4-8-14)15-9-5-2-6-10-15/h1,3-4,7-8,15-16,19H,2,5-6,9-13H2,(H,23,24). The second-order valence-electron chi connectivity index (χ2n) is 6.57. The van der Waals surface area contributed by atoms with Crippen LogP contribution in [0.1, 0.15) is 32.1 Å². The van der Waals surface area contributed by atoms with Crippen molar-refractivity contribution in [3.63, 3.8) is 0 Å². The van der Waals surface area contributed by atoms with E-state index >= 15 is 0 Å². The Morgan fingerprint density at radius 3 is 2.50 bits per heavy atom. The van der Waals surface area contributed by atoms with Crippen molar-refractivity contribution in [3.8, 4) is 0 Å². The molecule has 1 heterocycles. The first-order valence-electron chi connectivity index (χ1n) is 8.76. The molecule has 6 heteroatoms. The number of carbonyl (C=O) groups is 2. The Labute approximate surface area is 142 Å². The largest absolute Gasteiger partial charge is 0.465 e. The van der Waals surface area contributed by atoms with Crippen LogP contribution in [-0.4, -0.2) is 53.7 Å². The van der Waals surface area contributed by atoms with E-state index in [0.29, 0.717) is 13.1 Å². The van der Waals surface area contributed by atoms with Crippen LogP contribution >= 0.6 is 0 Å². The molecule has 1 saturated heterocycles. The van der Waals surface area contributed by atoms with Gasteiger partial charge in [-0.3, -0.25) is 4.79 Å². The summed E-state index contributed by atoms with van der Waals surface area (Å²) in [5, 5.41) is 12.4. The Bertz CT molecular complexity index is 572. The van der Waals surface area contributed by atoms with Crippen molar-refractivity contribution in [2.75, 3.05) is 24.5 Å². The van der Waals surface area contributed by atoms with Crippen molar-refractivity contribution < 1.29 is 14.7 Å². The van der Waals surface area contributed by atoms with E-state index in [1.165, 1.54) is 11.3 Å². The van der Waals surface area contributed by atoms with Crippen molar-refractivity contribution in [1.29, 1.82) is 0 Å². The minimum atomic E-state index is -0.960. The Morgan fingerprint density at radius 2 is 1.83 bits per heavy atom. The van der Waals surface area contributed by atoms with Crippen molar-refractivity contribution in [2.45, 2.75) is 44.2 Å². The molecule has 2 aliphatic rings. The zero-order valence-electron chi connectivity index (χ0n) is 13.9. The molecule has 0 spiro atoms. The van der Waals surface area contributed by atoms with Gasteiger partial charge in [0, 0.05) is 31.4 Å². The lowest BCUT2D eigenvalue weighted by molar-refractivity contribution is -0.122. The molecule has 1 unspecified atom stereocenters. The van der Waals surface area contributed by atoms with Crippen molar-refractivity contribution in [1.82, 2.24) is 10.2 Å². The fourth-order valence-corrected chi connectivity index (χ4v) is 3.70. The third kappa shape index (κ3) is 3.70. The lowest BCUT2D eigenvalue weighted by atomic mass is 9.93. The molecular weight excluding hydrogens is 306 g/mol. The Balaban J connectivity index is 1.81. The van der Waals surface area contributed by atoms with E-state index < -0.39 is 12.1 Å². The molecule has 0 radical (unpaired) electrons. The van der Waals surface area contributed by atoms with E-state index in [-0.39, 0.29) is 18.5 Å². The molecule has 6 nitrogen and oxygen atoms in total. The highest BCUT2D eigenvalue weighted by Crippen LogP contribution is 2.28. The number of nitrogens with zero attached hydrogens (tertiary/aromatic N) is 2. The van der Waals surface area contributed by atoms with Crippen LogP contribution in [0.2, 0.25) is 0 Å². The van der Waals surface area contributed by atoms with Crippen LogP contribution < -0.4 is 10.2 Å². The summed E-state index contributed by atoms with van der Waals surface area (Å²) in [6.07, 6.45) is 4.56. The quantitative estimate of drug-likeness (QED) is 0.891. The maximum Gasteiger partial charge on any atom is 0.407 e. The molecule has 2 fully saturated rings. The van der Waals surface area contributed by atoms with Gasteiger partial charge in [0.15, 0.2) is 0 Å². The number of carbonyl (C=O) groups excluding carboxylic acids is 1. The van der Waals surface area contributed by atoms with Crippen LogP contribution in [0.25, 0.3) is 0 Å². The van der Waals surface area contributed by atoms with Crippen LogP contribution in [0.15, 0.2) is 30.3 Å². The maximum atomic E-state index is 13.2. The summed E-state index contributed by atoms with van der Waals surface area (Å²) in [6.45, 7) is 1.15. The van der Waals surface area contributed by atoms with Crippen molar-refractivity contribution >= 4 is 17.7 Å². The fraction of sp³-hybridized carbons (Fsp3) is 0.556. The highest BCUT2D eigenvalue weighted by atomic mass is 16.4. The normalized spacial score (nSPS) is 22.2. The summed E-state index contributed by atoms with van der Waals surface area (Å²) in [6, 6.07) is 9.48. The first kappa shape index (κ1) is 16.8. The molecule has 1 aliphatic carbocycles. The zero-order valence-corrected chi connectivity index (χ0v) is 13.9. The molecule has 130 valence electrons. The monoisotopic (exact) mass is 331 g/mol. The molecule has 3 rings (SSSR count). The smallest absolute Gasteiger partial charge is 0.407 e. The van der Waals surface area contributed by atoms with E-state index in [9.17, 15) is 14.7 Å². The second-order valence-corrected chi connectivity index (χ2v) is 6.57. The number of benzene rings is 1. The van der Waals surface area contributed by atoms with Crippen LogP contribution in [-0.2, 0) is 4.79 Å². The highest BCUT2D eigenvalue weighted by molar-refractivity contribution is 5.98. The summed E-state index contributed by atoms with van der Waals surface area (Å²) in [5.41, 5.74) is 0.906. The van der Waals surface area contributed by atoms with E-state index in [0.717, 1.165) is 31.4 Å². The van der Waals surface area contributed by atoms with Gasteiger partial charge in [-0.05, 0) is 25.0 Å². The van der Waals surface area contributed by atoms with Crippen LogP contribution in [0.4, 0.5) is 10.5 Å². The van der Waals surface area contributed by atoms with Crippen molar-refractivity contribution in [3.05, 3.63) is 30.3 Å². The minimum Gasteiger partial charge on any atom is -0.465 e. The summed E-state index contributed by atoms with van der Waals surface area (Å²) in [4.78, 5) is 27.7. The predicted molar refractivity (Wildman–Crippen MR) is 92.2 cm³/mol. The number of piperazine rings is 1. The van der Waals surface area contributed by atoms with Gasteiger partial charge in [0.2, 0.25) is 5.91 Å². The predicted octanol–water partition coefficient (Wildman–Crippen LogP) is 2.30. The average Bonchev–Trinajstić information content (AvgIpc) is 2.64. The number of anilines is 1. The van der Waals surface area contributed by atoms with Gasteiger partial charge >= 0.3 is 6.09 Å². The molecule has 24 heavy (non-hydrogen) atoms. The van der Waals surface area contributed by atoms with Gasteiger partial charge in [0.1, 0.15) is 6.04 Å². The molecule has 1 atom stereocenters. The molecule has 0 bridgehead atoms. The number of para-hydroxylation sites is 1. The van der Waals surface area contributed by atoms with Gasteiger partial charge in [-0.2, -0.15) is 0 Å². The average molecular weight is 331 g/mol. The molecular formula is C18H25N3O3. The number of rotatable bonds is 3. The Hall–Kier alpha value is -2.08. The molecule has 1 aliphatic heterocycles. The number of amides is 2. The summed E-state index contributed by atoms with van der Waals surface area (Å²) in [5.74, 6) is -0.0148. The van der Waals surface area contributed by atoms with Crippen molar-refractivity contribution in [2.24, 2.45) is 0 Å². The Kier molecular flexibility index (Phi) is 5.35. The third-order valence-electron chi connectivity index (χ3n) is 4.96. The summed E-state index contributed by atoms with van der Waals surface area (Å²) >= 11 is 0. The van der Waals surface area contributed by atoms with E-state index in [4.69, 9.17) is 0 Å². The number of hydrogen-bond donors (Lipinski definition) is 2. The third-order valence-corrected chi connectivity index (χ3v) is 4.96. The van der Waals surface area contributed by atoms with Gasteiger partial charge in [0.05, 0.1) is 0 Å². The van der Waals surface area contributed by atoms with Gasteiger partial charge in [-0.15, -0.1) is 0 Å². The zero-order chi connectivity index (χ0) is 16.9. The van der Waals surface area contributed by atoms with Gasteiger partial charge in [-0.1, -0.05) is 37.5 Å².